The van der Waals surface area contributed by atoms with E-state index in [1.807, 2.05) is 35.9 Å². The first-order chi connectivity index (χ1) is 11.6. The summed E-state index contributed by atoms with van der Waals surface area (Å²) in [5.41, 5.74) is 1.60. The van der Waals surface area contributed by atoms with Crippen molar-refractivity contribution in [1.29, 1.82) is 0 Å². The van der Waals surface area contributed by atoms with E-state index >= 15 is 0 Å². The Kier molecular flexibility index (Phi) is 5.38. The van der Waals surface area contributed by atoms with Gasteiger partial charge in [-0.2, -0.15) is 0 Å². The molecule has 0 aliphatic heterocycles. The van der Waals surface area contributed by atoms with E-state index in [1.165, 1.54) is 11.8 Å². The van der Waals surface area contributed by atoms with Crippen molar-refractivity contribution in [2.24, 2.45) is 7.05 Å². The molecule has 3 rings (SSSR count). The first-order valence-corrected chi connectivity index (χ1v) is 9.28. The number of ketones is 1. The van der Waals surface area contributed by atoms with Crippen LogP contribution in [-0.2, 0) is 7.05 Å². The molecule has 0 saturated heterocycles. The molecule has 0 N–H and O–H groups in total. The molecule has 3 aromatic rings. The minimum Gasteiger partial charge on any atom is -0.305 e. The number of hydrogen-bond donors (Lipinski definition) is 0. The third-order valence-electron chi connectivity index (χ3n) is 3.45. The topological polar surface area (TPSA) is 47.8 Å². The summed E-state index contributed by atoms with van der Waals surface area (Å²) >= 11 is 10.7. The van der Waals surface area contributed by atoms with Gasteiger partial charge in [0.25, 0.3) is 0 Å². The molecule has 0 bridgehead atoms. The first-order valence-electron chi connectivity index (χ1n) is 7.12. The third-order valence-corrected chi connectivity index (χ3v) is 5.41. The lowest BCUT2D eigenvalue weighted by Crippen LogP contribution is -2.03. The van der Waals surface area contributed by atoms with Crippen LogP contribution in [0.2, 0.25) is 5.02 Å². The molecule has 7 heteroatoms. The van der Waals surface area contributed by atoms with Crippen LogP contribution in [-0.4, -0.2) is 26.3 Å². The Morgan fingerprint density at radius 3 is 2.58 bits per heavy atom. The molecule has 0 fully saturated rings. The number of nitrogens with zero attached hydrogens (tertiary/aromatic N) is 3. The molecule has 0 aliphatic rings. The van der Waals surface area contributed by atoms with Gasteiger partial charge in [0.2, 0.25) is 0 Å². The van der Waals surface area contributed by atoms with E-state index in [2.05, 4.69) is 26.1 Å². The molecular weight excluding hydrogens is 410 g/mol. The quantitative estimate of drug-likeness (QED) is 0.434. The number of halogens is 2. The minimum atomic E-state index is 0.0297. The van der Waals surface area contributed by atoms with Gasteiger partial charge in [0.05, 0.1) is 5.75 Å². The van der Waals surface area contributed by atoms with Gasteiger partial charge < -0.3 is 4.57 Å². The number of hydrogen-bond acceptors (Lipinski definition) is 4. The Hall–Kier alpha value is -1.63. The van der Waals surface area contributed by atoms with E-state index in [4.69, 9.17) is 11.6 Å². The first kappa shape index (κ1) is 17.2. The average molecular weight is 423 g/mol. The van der Waals surface area contributed by atoms with Gasteiger partial charge in [-0.1, -0.05) is 57.5 Å². The second-order valence-electron chi connectivity index (χ2n) is 5.06. The van der Waals surface area contributed by atoms with Gasteiger partial charge in [-0.15, -0.1) is 10.2 Å². The smallest absolute Gasteiger partial charge is 0.191 e. The van der Waals surface area contributed by atoms with Crippen LogP contribution in [0, 0.1) is 0 Å². The van der Waals surface area contributed by atoms with Crippen molar-refractivity contribution in [2.75, 3.05) is 5.75 Å². The Bertz CT molecular complexity index is 880. The maximum atomic E-state index is 12.2. The van der Waals surface area contributed by atoms with E-state index in [-0.39, 0.29) is 5.78 Å². The molecular formula is C17H13BrClN3OS. The Balaban J connectivity index is 1.74. The zero-order chi connectivity index (χ0) is 17.1. The summed E-state index contributed by atoms with van der Waals surface area (Å²) in [4.78, 5) is 12.2. The summed E-state index contributed by atoms with van der Waals surface area (Å²) in [6.07, 6.45) is 0. The Morgan fingerprint density at radius 2 is 1.88 bits per heavy atom. The second-order valence-corrected chi connectivity index (χ2v) is 7.30. The number of rotatable bonds is 5. The van der Waals surface area contributed by atoms with Gasteiger partial charge in [0.15, 0.2) is 16.8 Å². The summed E-state index contributed by atoms with van der Waals surface area (Å²) in [5.74, 6) is 1.08. The molecule has 0 aliphatic carbocycles. The van der Waals surface area contributed by atoms with Gasteiger partial charge in [0.1, 0.15) is 0 Å². The van der Waals surface area contributed by atoms with Crippen molar-refractivity contribution in [3.8, 4) is 11.4 Å². The highest BCUT2D eigenvalue weighted by Crippen LogP contribution is 2.28. The summed E-state index contributed by atoms with van der Waals surface area (Å²) in [6, 6.07) is 14.7. The highest BCUT2D eigenvalue weighted by atomic mass is 79.9. The molecule has 0 amide bonds. The monoisotopic (exact) mass is 421 g/mol. The van der Waals surface area contributed by atoms with Gasteiger partial charge in [-0.05, 0) is 30.3 Å². The summed E-state index contributed by atoms with van der Waals surface area (Å²) in [7, 11) is 1.89. The van der Waals surface area contributed by atoms with Crippen molar-refractivity contribution in [2.45, 2.75) is 5.16 Å². The molecule has 0 spiro atoms. The predicted molar refractivity (Wildman–Crippen MR) is 101 cm³/mol. The maximum Gasteiger partial charge on any atom is 0.191 e. The molecule has 122 valence electrons. The van der Waals surface area contributed by atoms with Crippen molar-refractivity contribution in [3.05, 3.63) is 63.6 Å². The van der Waals surface area contributed by atoms with Gasteiger partial charge in [-0.3, -0.25) is 4.79 Å². The molecule has 4 nitrogen and oxygen atoms in total. The molecule has 2 aromatic carbocycles. The number of Topliss-reactive ketones (excluding diaryl/α,β-unsaturated/α-hetero) is 1. The van der Waals surface area contributed by atoms with Crippen LogP contribution in [0.4, 0.5) is 0 Å². The fourth-order valence-electron chi connectivity index (χ4n) is 2.17. The lowest BCUT2D eigenvalue weighted by Gasteiger charge is -2.05. The Morgan fingerprint density at radius 1 is 1.17 bits per heavy atom. The number of carbonyl (C=O) groups excluding carboxylic acids is 1. The van der Waals surface area contributed by atoms with Crippen LogP contribution in [0.1, 0.15) is 10.4 Å². The molecule has 1 heterocycles. The Labute approximate surface area is 157 Å². The normalized spacial score (nSPS) is 10.8. The lowest BCUT2D eigenvalue weighted by atomic mass is 10.1. The van der Waals surface area contributed by atoms with E-state index in [0.717, 1.165) is 15.9 Å². The molecule has 0 saturated carbocycles. The molecule has 1 aromatic heterocycles. The lowest BCUT2D eigenvalue weighted by molar-refractivity contribution is 0.102. The van der Waals surface area contributed by atoms with E-state index in [0.29, 0.717) is 21.5 Å². The zero-order valence-corrected chi connectivity index (χ0v) is 15.9. The summed E-state index contributed by atoms with van der Waals surface area (Å²) in [6.45, 7) is 0. The summed E-state index contributed by atoms with van der Waals surface area (Å²) < 4.78 is 2.84. The SMILES string of the molecule is Cn1c(SCC(=O)c2ccc(Cl)cc2)nnc1-c1ccccc1Br. The van der Waals surface area contributed by atoms with Crippen molar-refractivity contribution in [3.63, 3.8) is 0 Å². The van der Waals surface area contributed by atoms with E-state index in [9.17, 15) is 4.79 Å². The second kappa shape index (κ2) is 7.51. The van der Waals surface area contributed by atoms with Crippen molar-refractivity contribution in [1.82, 2.24) is 14.8 Å². The van der Waals surface area contributed by atoms with Crippen LogP contribution in [0.15, 0.2) is 58.2 Å². The highest BCUT2D eigenvalue weighted by molar-refractivity contribution is 9.10. The van der Waals surface area contributed by atoms with Gasteiger partial charge >= 0.3 is 0 Å². The maximum absolute atomic E-state index is 12.2. The van der Waals surface area contributed by atoms with Crippen LogP contribution in [0.25, 0.3) is 11.4 Å². The zero-order valence-electron chi connectivity index (χ0n) is 12.7. The largest absolute Gasteiger partial charge is 0.305 e. The summed E-state index contributed by atoms with van der Waals surface area (Å²) in [5, 5.41) is 9.75. The minimum absolute atomic E-state index is 0.0297. The number of benzene rings is 2. The van der Waals surface area contributed by atoms with Crippen molar-refractivity contribution < 1.29 is 4.79 Å². The van der Waals surface area contributed by atoms with Crippen molar-refractivity contribution >= 4 is 45.1 Å². The van der Waals surface area contributed by atoms with Crippen LogP contribution in [0.5, 0.6) is 0 Å². The molecule has 0 unspecified atom stereocenters. The van der Waals surface area contributed by atoms with E-state index < -0.39 is 0 Å². The number of carbonyl (C=O) groups is 1. The predicted octanol–water partition coefficient (Wildman–Crippen LogP) is 4.87. The van der Waals surface area contributed by atoms with E-state index in [1.54, 1.807) is 24.3 Å². The third kappa shape index (κ3) is 3.71. The van der Waals surface area contributed by atoms with Crippen LogP contribution >= 0.6 is 39.3 Å². The molecule has 0 atom stereocenters. The van der Waals surface area contributed by atoms with Crippen LogP contribution in [0.3, 0.4) is 0 Å². The number of thioether (sulfide) groups is 1. The molecule has 0 radical (unpaired) electrons. The fraction of sp³-hybridized carbons (Fsp3) is 0.118. The highest BCUT2D eigenvalue weighted by Gasteiger charge is 2.15. The molecule has 24 heavy (non-hydrogen) atoms. The van der Waals surface area contributed by atoms with Crippen LogP contribution < -0.4 is 0 Å². The number of aromatic nitrogens is 3. The fourth-order valence-corrected chi connectivity index (χ4v) is 3.56. The standard InChI is InChI=1S/C17H13BrClN3OS/c1-22-16(13-4-2-3-5-14(13)18)20-21-17(22)24-10-15(23)11-6-8-12(19)9-7-11/h2-9H,10H2,1H3. The van der Waals surface area contributed by atoms with Gasteiger partial charge in [-0.25, -0.2) is 0 Å². The van der Waals surface area contributed by atoms with Gasteiger partial charge in [0, 0.05) is 27.7 Å². The average Bonchev–Trinajstić information content (AvgIpc) is 2.94.